The summed E-state index contributed by atoms with van der Waals surface area (Å²) < 4.78 is 5.82. The van der Waals surface area contributed by atoms with Crippen molar-refractivity contribution in [2.75, 3.05) is 0 Å². The van der Waals surface area contributed by atoms with Gasteiger partial charge in [0.05, 0.1) is 0 Å². The SMILES string of the molecule is N/C(=N\O)c1ccnc(Oc2cccc3ccccc23)c1. The van der Waals surface area contributed by atoms with Crippen LogP contribution in [0.4, 0.5) is 0 Å². The Balaban J connectivity index is 1.99. The van der Waals surface area contributed by atoms with E-state index in [-0.39, 0.29) is 5.84 Å². The fourth-order valence-electron chi connectivity index (χ4n) is 2.08. The van der Waals surface area contributed by atoms with E-state index in [1.807, 2.05) is 42.5 Å². The number of hydrogen-bond acceptors (Lipinski definition) is 4. The van der Waals surface area contributed by atoms with Gasteiger partial charge in [-0.25, -0.2) is 4.98 Å². The molecule has 0 atom stereocenters. The molecule has 0 saturated heterocycles. The summed E-state index contributed by atoms with van der Waals surface area (Å²) in [5.41, 5.74) is 6.11. The van der Waals surface area contributed by atoms with Gasteiger partial charge in [-0.1, -0.05) is 41.6 Å². The molecule has 5 nitrogen and oxygen atoms in total. The van der Waals surface area contributed by atoms with E-state index in [4.69, 9.17) is 15.7 Å². The highest BCUT2D eigenvalue weighted by molar-refractivity contribution is 5.97. The van der Waals surface area contributed by atoms with Gasteiger partial charge in [0, 0.05) is 23.2 Å². The van der Waals surface area contributed by atoms with Gasteiger partial charge in [-0.15, -0.1) is 0 Å². The molecule has 0 spiro atoms. The molecule has 3 aromatic rings. The molecule has 0 amide bonds. The molecule has 0 unspecified atom stereocenters. The summed E-state index contributed by atoms with van der Waals surface area (Å²) in [5.74, 6) is 1.10. The summed E-state index contributed by atoms with van der Waals surface area (Å²) in [6.07, 6.45) is 1.55. The van der Waals surface area contributed by atoms with E-state index in [9.17, 15) is 0 Å². The van der Waals surface area contributed by atoms with E-state index in [0.717, 1.165) is 10.8 Å². The van der Waals surface area contributed by atoms with E-state index in [1.54, 1.807) is 18.3 Å². The maximum Gasteiger partial charge on any atom is 0.219 e. The number of fused-ring (bicyclic) bond motifs is 1. The van der Waals surface area contributed by atoms with Crippen molar-refractivity contribution in [2.24, 2.45) is 10.9 Å². The lowest BCUT2D eigenvalue weighted by atomic mass is 10.1. The first-order valence-corrected chi connectivity index (χ1v) is 6.37. The van der Waals surface area contributed by atoms with Gasteiger partial charge in [-0.3, -0.25) is 0 Å². The Kier molecular flexibility index (Phi) is 3.39. The third-order valence-corrected chi connectivity index (χ3v) is 3.10. The van der Waals surface area contributed by atoms with Crippen molar-refractivity contribution in [1.82, 2.24) is 4.98 Å². The minimum Gasteiger partial charge on any atom is -0.438 e. The fraction of sp³-hybridized carbons (Fsp3) is 0. The van der Waals surface area contributed by atoms with Crippen molar-refractivity contribution in [3.05, 3.63) is 66.4 Å². The van der Waals surface area contributed by atoms with Crippen LogP contribution in [0.1, 0.15) is 5.56 Å². The smallest absolute Gasteiger partial charge is 0.219 e. The minimum atomic E-state index is 0.0140. The number of benzene rings is 2. The average molecular weight is 279 g/mol. The summed E-state index contributed by atoms with van der Waals surface area (Å²) in [6.45, 7) is 0. The molecular weight excluding hydrogens is 266 g/mol. The van der Waals surface area contributed by atoms with Crippen LogP contribution in [0.25, 0.3) is 10.8 Å². The van der Waals surface area contributed by atoms with Crippen LogP contribution >= 0.6 is 0 Å². The zero-order chi connectivity index (χ0) is 14.7. The summed E-state index contributed by atoms with van der Waals surface area (Å²) >= 11 is 0. The van der Waals surface area contributed by atoms with Crippen LogP contribution < -0.4 is 10.5 Å². The van der Waals surface area contributed by atoms with Gasteiger partial charge in [0.25, 0.3) is 0 Å². The molecule has 1 heterocycles. The Hall–Kier alpha value is -3.08. The first-order chi connectivity index (χ1) is 10.3. The number of nitrogens with two attached hydrogens (primary N) is 1. The number of nitrogens with zero attached hydrogens (tertiary/aromatic N) is 2. The number of aromatic nitrogens is 1. The van der Waals surface area contributed by atoms with Crippen molar-refractivity contribution in [3.63, 3.8) is 0 Å². The van der Waals surface area contributed by atoms with Gasteiger partial charge in [0.15, 0.2) is 5.84 Å². The summed E-state index contributed by atoms with van der Waals surface area (Å²) in [7, 11) is 0. The van der Waals surface area contributed by atoms with Gasteiger partial charge in [0.1, 0.15) is 5.75 Å². The second-order valence-electron chi connectivity index (χ2n) is 4.45. The second-order valence-corrected chi connectivity index (χ2v) is 4.45. The lowest BCUT2D eigenvalue weighted by Crippen LogP contribution is -2.13. The van der Waals surface area contributed by atoms with Gasteiger partial charge < -0.3 is 15.7 Å². The van der Waals surface area contributed by atoms with Crippen LogP contribution in [-0.4, -0.2) is 16.0 Å². The molecular formula is C16H13N3O2. The molecule has 104 valence electrons. The van der Waals surface area contributed by atoms with E-state index < -0.39 is 0 Å². The van der Waals surface area contributed by atoms with E-state index >= 15 is 0 Å². The number of rotatable bonds is 3. The molecule has 0 saturated carbocycles. The zero-order valence-corrected chi connectivity index (χ0v) is 11.1. The monoisotopic (exact) mass is 279 g/mol. The highest BCUT2D eigenvalue weighted by Gasteiger charge is 2.06. The Morgan fingerprint density at radius 3 is 2.76 bits per heavy atom. The van der Waals surface area contributed by atoms with Gasteiger partial charge >= 0.3 is 0 Å². The largest absolute Gasteiger partial charge is 0.438 e. The predicted molar refractivity (Wildman–Crippen MR) is 80.8 cm³/mol. The molecule has 0 fully saturated rings. The highest BCUT2D eigenvalue weighted by atomic mass is 16.5. The molecule has 3 N–H and O–H groups in total. The second kappa shape index (κ2) is 5.50. The van der Waals surface area contributed by atoms with Crippen LogP contribution in [0.3, 0.4) is 0 Å². The number of pyridine rings is 1. The Morgan fingerprint density at radius 2 is 1.90 bits per heavy atom. The zero-order valence-electron chi connectivity index (χ0n) is 11.1. The Bertz CT molecular complexity index is 810. The highest BCUT2D eigenvalue weighted by Crippen LogP contribution is 2.28. The topological polar surface area (TPSA) is 80.7 Å². The molecule has 0 radical (unpaired) electrons. The molecule has 1 aromatic heterocycles. The Labute approximate surface area is 121 Å². The number of ether oxygens (including phenoxy) is 1. The maximum atomic E-state index is 8.71. The van der Waals surface area contributed by atoms with E-state index in [1.165, 1.54) is 0 Å². The number of hydrogen-bond donors (Lipinski definition) is 2. The molecule has 21 heavy (non-hydrogen) atoms. The molecule has 0 aliphatic heterocycles. The quantitative estimate of drug-likeness (QED) is 0.334. The first-order valence-electron chi connectivity index (χ1n) is 6.37. The molecule has 0 aliphatic rings. The summed E-state index contributed by atoms with van der Waals surface area (Å²) in [4.78, 5) is 4.14. The molecule has 3 rings (SSSR count). The van der Waals surface area contributed by atoms with Crippen LogP contribution in [0.15, 0.2) is 65.9 Å². The Morgan fingerprint density at radius 1 is 1.10 bits per heavy atom. The average Bonchev–Trinajstić information content (AvgIpc) is 2.55. The molecule has 5 heteroatoms. The van der Waals surface area contributed by atoms with Crippen molar-refractivity contribution >= 4 is 16.6 Å². The van der Waals surface area contributed by atoms with Crippen molar-refractivity contribution in [2.45, 2.75) is 0 Å². The van der Waals surface area contributed by atoms with Crippen molar-refractivity contribution in [1.29, 1.82) is 0 Å². The minimum absolute atomic E-state index is 0.0140. The normalized spacial score (nSPS) is 11.5. The lowest BCUT2D eigenvalue weighted by Gasteiger charge is -2.08. The number of amidine groups is 1. The van der Waals surface area contributed by atoms with Gasteiger partial charge in [0.2, 0.25) is 5.88 Å². The van der Waals surface area contributed by atoms with Crippen LogP contribution in [0.5, 0.6) is 11.6 Å². The number of oxime groups is 1. The maximum absolute atomic E-state index is 8.71. The molecule has 0 bridgehead atoms. The summed E-state index contributed by atoms with van der Waals surface area (Å²) in [6, 6.07) is 17.0. The van der Waals surface area contributed by atoms with Crippen LogP contribution in [0, 0.1) is 0 Å². The summed E-state index contributed by atoms with van der Waals surface area (Å²) in [5, 5.41) is 13.8. The van der Waals surface area contributed by atoms with E-state index in [2.05, 4.69) is 10.1 Å². The van der Waals surface area contributed by atoms with Crippen molar-refractivity contribution < 1.29 is 9.94 Å². The third-order valence-electron chi connectivity index (χ3n) is 3.10. The molecule has 2 aromatic carbocycles. The lowest BCUT2D eigenvalue weighted by molar-refractivity contribution is 0.318. The first kappa shape index (κ1) is 12.9. The van der Waals surface area contributed by atoms with E-state index in [0.29, 0.717) is 17.2 Å². The van der Waals surface area contributed by atoms with Crippen LogP contribution in [-0.2, 0) is 0 Å². The fourth-order valence-corrected chi connectivity index (χ4v) is 2.08. The van der Waals surface area contributed by atoms with Crippen LogP contribution in [0.2, 0.25) is 0 Å². The third kappa shape index (κ3) is 2.62. The molecule has 0 aliphatic carbocycles. The van der Waals surface area contributed by atoms with Gasteiger partial charge in [-0.2, -0.15) is 0 Å². The predicted octanol–water partition coefficient (Wildman–Crippen LogP) is 3.12. The standard InChI is InChI=1S/C16H13N3O2/c17-16(19-20)12-8-9-18-15(10-12)21-14-7-3-5-11-4-1-2-6-13(11)14/h1-10,20H,(H2,17,19). The van der Waals surface area contributed by atoms with Crippen molar-refractivity contribution in [3.8, 4) is 11.6 Å². The van der Waals surface area contributed by atoms with Gasteiger partial charge in [-0.05, 0) is 17.5 Å².